The molecule has 0 saturated heterocycles. The van der Waals surface area contributed by atoms with E-state index in [1.165, 1.54) is 0 Å². The summed E-state index contributed by atoms with van der Waals surface area (Å²) in [6.45, 7) is 4.12. The summed E-state index contributed by atoms with van der Waals surface area (Å²) in [4.78, 5) is 0.769. The van der Waals surface area contributed by atoms with Gasteiger partial charge < -0.3 is 0 Å². The maximum atomic E-state index is 13.8. The second-order valence-electron chi connectivity index (χ2n) is 7.93. The summed E-state index contributed by atoms with van der Waals surface area (Å²) in [5.74, 6) is 0. The van der Waals surface area contributed by atoms with Gasteiger partial charge in [-0.1, -0.05) is 84.9 Å². The predicted molar refractivity (Wildman–Crippen MR) is 126 cm³/mol. The van der Waals surface area contributed by atoms with E-state index in [-0.39, 0.29) is 0 Å². The van der Waals surface area contributed by atoms with Crippen LogP contribution in [0.2, 0.25) is 0 Å². The van der Waals surface area contributed by atoms with E-state index in [2.05, 4.69) is 38.1 Å². The van der Waals surface area contributed by atoms with Gasteiger partial charge in [-0.25, -0.2) is 8.42 Å². The highest BCUT2D eigenvalue weighted by Gasteiger charge is 2.24. The van der Waals surface area contributed by atoms with Crippen molar-refractivity contribution in [2.45, 2.75) is 36.5 Å². The van der Waals surface area contributed by atoms with Gasteiger partial charge in [0.05, 0.1) is 9.79 Å². The van der Waals surface area contributed by atoms with Crippen LogP contribution in [0.3, 0.4) is 0 Å². The minimum atomic E-state index is -3.67. The van der Waals surface area contributed by atoms with Gasteiger partial charge in [-0.3, -0.25) is 0 Å². The minimum absolute atomic E-state index is 0.385. The molecule has 0 saturated carbocycles. The van der Waals surface area contributed by atoms with Gasteiger partial charge in [0.1, 0.15) is 0 Å². The fraction of sp³-hybridized carbons (Fsp3) is 0.143. The Morgan fingerprint density at radius 1 is 0.484 bits per heavy atom. The Morgan fingerprint density at radius 3 is 1.19 bits per heavy atom. The van der Waals surface area contributed by atoms with Gasteiger partial charge in [-0.05, 0) is 72.2 Å². The van der Waals surface area contributed by atoms with Crippen LogP contribution in [0.15, 0.2) is 107 Å². The molecule has 4 aromatic carbocycles. The summed E-state index contributed by atoms with van der Waals surface area (Å²) in [5.41, 5.74) is 6.24. The fourth-order valence-corrected chi connectivity index (χ4v) is 5.69. The Labute approximate surface area is 185 Å². The van der Waals surface area contributed by atoms with Crippen LogP contribution >= 0.6 is 0 Å². The van der Waals surface area contributed by atoms with Gasteiger partial charge in [0.15, 0.2) is 0 Å². The molecule has 3 heteroatoms. The van der Waals surface area contributed by atoms with Crippen molar-refractivity contribution in [3.63, 3.8) is 0 Å². The lowest BCUT2D eigenvalue weighted by Gasteiger charge is -2.15. The maximum absolute atomic E-state index is 13.8. The summed E-state index contributed by atoms with van der Waals surface area (Å²) in [6, 6.07) is 31.0. The molecule has 0 amide bonds. The first-order chi connectivity index (χ1) is 15.0. The summed E-state index contributed by atoms with van der Waals surface area (Å²) < 4.78 is 27.7. The molecule has 0 aliphatic rings. The molecule has 0 bridgehead atoms. The largest absolute Gasteiger partial charge is 0.218 e. The Balaban J connectivity index is 1.77. The van der Waals surface area contributed by atoms with Gasteiger partial charge in [0.2, 0.25) is 9.84 Å². The van der Waals surface area contributed by atoms with Crippen molar-refractivity contribution in [2.75, 3.05) is 0 Å². The van der Waals surface area contributed by atoms with Crippen molar-refractivity contribution < 1.29 is 8.42 Å². The van der Waals surface area contributed by atoms with E-state index in [9.17, 15) is 8.42 Å². The molecule has 2 nitrogen and oxygen atoms in total. The fourth-order valence-electron chi connectivity index (χ4n) is 3.97. The lowest BCUT2D eigenvalue weighted by atomic mass is 10.0. The van der Waals surface area contributed by atoms with Crippen LogP contribution in [0, 0.1) is 13.8 Å². The number of aryl methyl sites for hydroxylation is 2. The van der Waals surface area contributed by atoms with Crippen LogP contribution in [0.25, 0.3) is 0 Å². The number of sulfone groups is 1. The molecule has 0 atom stereocenters. The van der Waals surface area contributed by atoms with Gasteiger partial charge in [-0.15, -0.1) is 0 Å². The molecule has 0 spiro atoms. The molecule has 156 valence electrons. The third-order valence-electron chi connectivity index (χ3n) is 5.81. The van der Waals surface area contributed by atoms with Crippen molar-refractivity contribution >= 4 is 9.84 Å². The first kappa shape index (κ1) is 21.1. The summed E-state index contributed by atoms with van der Waals surface area (Å²) >= 11 is 0. The number of hydrogen-bond acceptors (Lipinski definition) is 2. The van der Waals surface area contributed by atoms with E-state index in [1.807, 2.05) is 48.5 Å². The Bertz CT molecular complexity index is 1220. The van der Waals surface area contributed by atoms with Crippen molar-refractivity contribution in [1.29, 1.82) is 0 Å². The Hall–Kier alpha value is -3.17. The predicted octanol–water partition coefficient (Wildman–Crippen LogP) is 6.32. The topological polar surface area (TPSA) is 34.1 Å². The number of hydrogen-bond donors (Lipinski definition) is 0. The smallest absolute Gasteiger partial charge is 0.207 e. The van der Waals surface area contributed by atoms with Gasteiger partial charge in [0, 0.05) is 0 Å². The van der Waals surface area contributed by atoms with Crippen LogP contribution in [0.1, 0.15) is 33.4 Å². The molecule has 0 unspecified atom stereocenters. The Morgan fingerprint density at radius 2 is 0.806 bits per heavy atom. The van der Waals surface area contributed by atoms with Crippen LogP contribution < -0.4 is 0 Å². The van der Waals surface area contributed by atoms with E-state index < -0.39 is 9.84 Å². The zero-order valence-electron chi connectivity index (χ0n) is 17.9. The highest BCUT2D eigenvalue weighted by atomic mass is 32.2. The van der Waals surface area contributed by atoms with Gasteiger partial charge in [-0.2, -0.15) is 0 Å². The molecule has 0 aliphatic heterocycles. The number of rotatable bonds is 6. The van der Waals surface area contributed by atoms with E-state index in [1.54, 1.807) is 24.3 Å². The zero-order chi connectivity index (χ0) is 21.8. The molecule has 0 aliphatic carbocycles. The van der Waals surface area contributed by atoms with Crippen LogP contribution in [0.4, 0.5) is 0 Å². The number of benzene rings is 4. The van der Waals surface area contributed by atoms with Gasteiger partial charge >= 0.3 is 0 Å². The quantitative estimate of drug-likeness (QED) is 0.362. The highest BCUT2D eigenvalue weighted by molar-refractivity contribution is 7.91. The molecule has 4 aromatic rings. The molecule has 4 rings (SSSR count). The third-order valence-corrected chi connectivity index (χ3v) is 7.76. The summed E-state index contributed by atoms with van der Waals surface area (Å²) in [6.07, 6.45) is 1.17. The maximum Gasteiger partial charge on any atom is 0.207 e. The summed E-state index contributed by atoms with van der Waals surface area (Å²) in [7, 11) is -3.67. The monoisotopic (exact) mass is 426 g/mol. The van der Waals surface area contributed by atoms with E-state index >= 15 is 0 Å². The second-order valence-corrected chi connectivity index (χ2v) is 9.81. The lowest BCUT2D eigenvalue weighted by Crippen LogP contribution is -2.09. The molecule has 0 fully saturated rings. The normalized spacial score (nSPS) is 11.4. The molecule has 0 radical (unpaired) electrons. The van der Waals surface area contributed by atoms with Crippen LogP contribution in [-0.4, -0.2) is 8.42 Å². The van der Waals surface area contributed by atoms with Crippen molar-refractivity contribution in [3.05, 3.63) is 130 Å². The third kappa shape index (κ3) is 4.47. The molecule has 0 N–H and O–H groups in total. The van der Waals surface area contributed by atoms with Crippen LogP contribution in [-0.2, 0) is 22.7 Å². The molecule has 0 aromatic heterocycles. The van der Waals surface area contributed by atoms with Crippen molar-refractivity contribution in [1.82, 2.24) is 0 Å². The van der Waals surface area contributed by atoms with E-state index in [0.29, 0.717) is 22.6 Å². The molecule has 31 heavy (non-hydrogen) atoms. The van der Waals surface area contributed by atoms with Crippen molar-refractivity contribution in [3.8, 4) is 0 Å². The summed E-state index contributed by atoms with van der Waals surface area (Å²) in [5, 5.41) is 0. The average molecular weight is 427 g/mol. The molecule has 0 heterocycles. The van der Waals surface area contributed by atoms with E-state index in [4.69, 9.17) is 0 Å². The molecular weight excluding hydrogens is 400 g/mol. The first-order valence-electron chi connectivity index (χ1n) is 10.5. The Kier molecular flexibility index (Phi) is 6.06. The SMILES string of the molecule is Cc1ccccc1Cc1ccccc1S(=O)(=O)c1ccccc1Cc1ccccc1C. The van der Waals surface area contributed by atoms with Crippen molar-refractivity contribution in [2.24, 2.45) is 0 Å². The van der Waals surface area contributed by atoms with Crippen LogP contribution in [0.5, 0.6) is 0 Å². The zero-order valence-corrected chi connectivity index (χ0v) is 18.7. The first-order valence-corrected chi connectivity index (χ1v) is 11.9. The lowest BCUT2D eigenvalue weighted by molar-refractivity contribution is 0.594. The standard InChI is InChI=1S/C28H26O2S/c1-21-11-3-5-13-23(21)19-25-15-7-9-17-27(25)31(29,30)28-18-10-8-16-26(28)20-24-14-6-4-12-22(24)2/h3-18H,19-20H2,1-2H3. The van der Waals surface area contributed by atoms with E-state index in [0.717, 1.165) is 33.4 Å². The second kappa shape index (κ2) is 8.91. The average Bonchev–Trinajstić information content (AvgIpc) is 2.77. The minimum Gasteiger partial charge on any atom is -0.218 e. The van der Waals surface area contributed by atoms with Gasteiger partial charge in [0.25, 0.3) is 0 Å². The highest BCUT2D eigenvalue weighted by Crippen LogP contribution is 2.30. The molecular formula is C28H26O2S.